The molecule has 0 atom stereocenters. The number of carboxylic acid groups (broad SMARTS) is 1. The van der Waals surface area contributed by atoms with Gasteiger partial charge in [0.2, 0.25) is 5.88 Å². The molecule has 1 rings (SSSR count). The predicted octanol–water partition coefficient (Wildman–Crippen LogP) is 2.16. The molecule has 0 fully saturated rings. The minimum atomic E-state index is -1.07. The maximum Gasteiger partial charge on any atom is 0.341 e. The number of hydrogen-bond acceptors (Lipinski definition) is 3. The molecule has 0 amide bonds. The van der Waals surface area contributed by atoms with Crippen LogP contribution >= 0.6 is 23.2 Å². The average Bonchev–Trinajstić information content (AvgIpc) is 2.09. The molecule has 1 N–H and O–H groups in total. The second-order valence-corrected chi connectivity index (χ2v) is 3.33. The highest BCUT2D eigenvalue weighted by Crippen LogP contribution is 2.25. The molecule has 0 radical (unpaired) electrons. The van der Waals surface area contributed by atoms with Gasteiger partial charge in [0.15, 0.2) is 11.8 Å². The molecular weight excluding hydrogens is 229 g/mol. The maximum atomic E-state index is 10.2. The first-order valence-electron chi connectivity index (χ1n) is 3.68. The lowest BCUT2D eigenvalue weighted by Crippen LogP contribution is -2.11. The number of aliphatic carboxylic acids is 1. The first-order valence-corrected chi connectivity index (χ1v) is 4.43. The summed E-state index contributed by atoms with van der Waals surface area (Å²) in [4.78, 5) is 14.0. The summed E-state index contributed by atoms with van der Waals surface area (Å²) in [5, 5.41) is 8.78. The van der Waals surface area contributed by atoms with Crippen LogP contribution in [0.3, 0.4) is 0 Å². The standard InChI is InChI=1S/C8H7Cl2NO3/c1-4-2-5(9)7(10)11-8(4)14-3-6(12)13/h2H,3H2,1H3,(H,12,13). The topological polar surface area (TPSA) is 59.4 Å². The van der Waals surface area contributed by atoms with E-state index in [-0.39, 0.29) is 11.0 Å². The van der Waals surface area contributed by atoms with Gasteiger partial charge in [0.05, 0.1) is 5.02 Å². The quantitative estimate of drug-likeness (QED) is 0.817. The fraction of sp³-hybridized carbons (Fsp3) is 0.250. The van der Waals surface area contributed by atoms with Crippen molar-refractivity contribution >= 4 is 29.2 Å². The van der Waals surface area contributed by atoms with E-state index in [0.29, 0.717) is 10.6 Å². The smallest absolute Gasteiger partial charge is 0.341 e. The minimum absolute atomic E-state index is 0.0951. The Morgan fingerprint density at radius 3 is 2.86 bits per heavy atom. The predicted molar refractivity (Wildman–Crippen MR) is 52.1 cm³/mol. The molecule has 0 aliphatic carbocycles. The van der Waals surface area contributed by atoms with Gasteiger partial charge in [-0.2, -0.15) is 4.98 Å². The largest absolute Gasteiger partial charge is 0.479 e. The molecule has 1 heterocycles. The fourth-order valence-corrected chi connectivity index (χ4v) is 1.16. The number of rotatable bonds is 3. The van der Waals surface area contributed by atoms with Crippen LogP contribution in [0.5, 0.6) is 5.88 Å². The average molecular weight is 236 g/mol. The molecule has 0 saturated carbocycles. The number of hydrogen-bond donors (Lipinski definition) is 1. The monoisotopic (exact) mass is 235 g/mol. The van der Waals surface area contributed by atoms with Gasteiger partial charge in [-0.3, -0.25) is 0 Å². The second-order valence-electron chi connectivity index (χ2n) is 2.57. The van der Waals surface area contributed by atoms with Crippen LogP contribution in [-0.4, -0.2) is 22.7 Å². The summed E-state index contributed by atoms with van der Waals surface area (Å²) in [6, 6.07) is 1.56. The highest BCUT2D eigenvalue weighted by Gasteiger charge is 2.08. The number of halogens is 2. The van der Waals surface area contributed by atoms with Crippen molar-refractivity contribution < 1.29 is 14.6 Å². The molecule has 0 spiro atoms. The van der Waals surface area contributed by atoms with E-state index in [1.54, 1.807) is 13.0 Å². The summed E-state index contributed by atoms with van der Waals surface area (Å²) in [5.41, 5.74) is 0.639. The zero-order valence-electron chi connectivity index (χ0n) is 7.25. The van der Waals surface area contributed by atoms with Crippen molar-refractivity contribution in [3.8, 4) is 5.88 Å². The van der Waals surface area contributed by atoms with E-state index in [9.17, 15) is 4.79 Å². The van der Waals surface area contributed by atoms with Gasteiger partial charge in [-0.25, -0.2) is 4.79 Å². The fourth-order valence-electron chi connectivity index (χ4n) is 0.818. The summed E-state index contributed by atoms with van der Waals surface area (Å²) in [6.45, 7) is 1.25. The molecule has 6 heteroatoms. The van der Waals surface area contributed by atoms with E-state index in [0.717, 1.165) is 0 Å². The molecular formula is C8H7Cl2NO3. The Labute approximate surface area is 90.4 Å². The van der Waals surface area contributed by atoms with E-state index >= 15 is 0 Å². The van der Waals surface area contributed by atoms with Crippen LogP contribution in [0.4, 0.5) is 0 Å². The van der Waals surface area contributed by atoms with Gasteiger partial charge in [-0.1, -0.05) is 23.2 Å². The Morgan fingerprint density at radius 1 is 1.64 bits per heavy atom. The molecule has 1 aromatic rings. The van der Waals surface area contributed by atoms with E-state index in [1.165, 1.54) is 0 Å². The molecule has 0 aromatic carbocycles. The zero-order chi connectivity index (χ0) is 10.7. The maximum absolute atomic E-state index is 10.2. The molecule has 1 aromatic heterocycles. The Bertz CT molecular complexity index is 368. The zero-order valence-corrected chi connectivity index (χ0v) is 8.76. The third-order valence-corrected chi connectivity index (χ3v) is 2.08. The number of carbonyl (C=O) groups is 1. The summed E-state index contributed by atoms with van der Waals surface area (Å²) in [6.07, 6.45) is 0. The number of carboxylic acids is 1. The van der Waals surface area contributed by atoms with Crippen LogP contribution in [0.15, 0.2) is 6.07 Å². The lowest BCUT2D eigenvalue weighted by atomic mass is 10.3. The van der Waals surface area contributed by atoms with Crippen molar-refractivity contribution in [2.45, 2.75) is 6.92 Å². The SMILES string of the molecule is Cc1cc(Cl)c(Cl)nc1OCC(=O)O. The van der Waals surface area contributed by atoms with Crippen molar-refractivity contribution in [2.75, 3.05) is 6.61 Å². The van der Waals surface area contributed by atoms with Crippen LogP contribution in [-0.2, 0) is 4.79 Å². The molecule has 76 valence electrons. The van der Waals surface area contributed by atoms with E-state index < -0.39 is 12.6 Å². The van der Waals surface area contributed by atoms with Crippen LogP contribution in [0.2, 0.25) is 10.2 Å². The number of ether oxygens (including phenoxy) is 1. The number of nitrogens with zero attached hydrogens (tertiary/aromatic N) is 1. The lowest BCUT2D eigenvalue weighted by Gasteiger charge is -2.06. The molecule has 14 heavy (non-hydrogen) atoms. The third-order valence-electron chi connectivity index (χ3n) is 1.41. The van der Waals surface area contributed by atoms with Gasteiger partial charge < -0.3 is 9.84 Å². The molecule has 4 nitrogen and oxygen atoms in total. The van der Waals surface area contributed by atoms with Gasteiger partial charge >= 0.3 is 5.97 Å². The summed E-state index contributed by atoms with van der Waals surface area (Å²) in [5.74, 6) is -0.890. The number of aryl methyl sites for hydroxylation is 1. The molecule has 0 aliphatic heterocycles. The van der Waals surface area contributed by atoms with Crippen LogP contribution in [0.1, 0.15) is 5.56 Å². The van der Waals surface area contributed by atoms with Gasteiger partial charge in [-0.05, 0) is 13.0 Å². The third kappa shape index (κ3) is 2.75. The minimum Gasteiger partial charge on any atom is -0.479 e. The summed E-state index contributed by atoms with van der Waals surface area (Å²) < 4.78 is 4.88. The Hall–Kier alpha value is -1.00. The second kappa shape index (κ2) is 4.48. The van der Waals surface area contributed by atoms with E-state index in [2.05, 4.69) is 4.98 Å². The van der Waals surface area contributed by atoms with Crippen molar-refractivity contribution in [1.82, 2.24) is 4.98 Å². The molecule has 0 unspecified atom stereocenters. The summed E-state index contributed by atoms with van der Waals surface area (Å²) >= 11 is 11.3. The van der Waals surface area contributed by atoms with Crippen molar-refractivity contribution in [3.63, 3.8) is 0 Å². The number of pyridine rings is 1. The number of aromatic nitrogens is 1. The van der Waals surface area contributed by atoms with Crippen LogP contribution < -0.4 is 4.74 Å². The van der Waals surface area contributed by atoms with Gasteiger partial charge in [0.25, 0.3) is 0 Å². The van der Waals surface area contributed by atoms with Crippen molar-refractivity contribution in [3.05, 3.63) is 21.8 Å². The Kier molecular flexibility index (Phi) is 3.55. The van der Waals surface area contributed by atoms with Crippen LogP contribution in [0, 0.1) is 6.92 Å². The van der Waals surface area contributed by atoms with Gasteiger partial charge in [0.1, 0.15) is 0 Å². The Morgan fingerprint density at radius 2 is 2.29 bits per heavy atom. The normalized spacial score (nSPS) is 9.93. The lowest BCUT2D eigenvalue weighted by molar-refractivity contribution is -0.139. The highest BCUT2D eigenvalue weighted by molar-refractivity contribution is 6.41. The highest BCUT2D eigenvalue weighted by atomic mass is 35.5. The van der Waals surface area contributed by atoms with Crippen molar-refractivity contribution in [1.29, 1.82) is 0 Å². The first-order chi connectivity index (χ1) is 6.50. The molecule has 0 saturated heterocycles. The van der Waals surface area contributed by atoms with Gasteiger partial charge in [-0.15, -0.1) is 0 Å². The Balaban J connectivity index is 2.87. The summed E-state index contributed by atoms with van der Waals surface area (Å²) in [7, 11) is 0. The first kappa shape index (κ1) is 11.1. The molecule has 0 aliphatic rings. The van der Waals surface area contributed by atoms with Crippen molar-refractivity contribution in [2.24, 2.45) is 0 Å². The van der Waals surface area contributed by atoms with Gasteiger partial charge in [0, 0.05) is 5.56 Å². The van der Waals surface area contributed by atoms with Crippen LogP contribution in [0.25, 0.3) is 0 Å². The molecule has 0 bridgehead atoms. The van der Waals surface area contributed by atoms with E-state index in [4.69, 9.17) is 33.0 Å². The van der Waals surface area contributed by atoms with E-state index in [1.807, 2.05) is 0 Å².